The molecule has 0 radical (unpaired) electrons. The average molecular weight is 265 g/mol. The Morgan fingerprint density at radius 1 is 1.37 bits per heavy atom. The lowest BCUT2D eigenvalue weighted by molar-refractivity contribution is 0.0693. The Hall–Kier alpha value is -2.71. The van der Waals surface area contributed by atoms with E-state index < -0.39 is 22.8 Å². The zero-order chi connectivity index (χ0) is 13.8. The maximum Gasteiger partial charge on any atom is 0.342 e. The maximum atomic E-state index is 11.5. The predicted molar refractivity (Wildman–Crippen MR) is 62.9 cm³/mol. The highest BCUT2D eigenvalue weighted by molar-refractivity contribution is 5.86. The predicted octanol–water partition coefficient (Wildman–Crippen LogP) is -1.08. The normalized spacial score (nSPS) is 10.5. The van der Waals surface area contributed by atoms with E-state index in [2.05, 4.69) is 10.3 Å². The first kappa shape index (κ1) is 12.7. The molecule has 2 aromatic rings. The second-order valence-electron chi connectivity index (χ2n) is 3.82. The summed E-state index contributed by atoms with van der Waals surface area (Å²) in [4.78, 5) is 35.5. The third-order valence-corrected chi connectivity index (χ3v) is 2.50. The molecular weight excluding hydrogens is 254 g/mol. The van der Waals surface area contributed by atoms with Crippen LogP contribution in [0.15, 0.2) is 28.2 Å². The Morgan fingerprint density at radius 2 is 2.16 bits per heavy atom. The van der Waals surface area contributed by atoms with E-state index in [4.69, 9.17) is 5.11 Å². The van der Waals surface area contributed by atoms with Crippen molar-refractivity contribution in [3.8, 4) is 0 Å². The summed E-state index contributed by atoms with van der Waals surface area (Å²) >= 11 is 0. The van der Waals surface area contributed by atoms with Gasteiger partial charge in [0.2, 0.25) is 0 Å². The Bertz CT molecular complexity index is 685. The molecule has 0 aliphatic carbocycles. The number of H-pyrrole nitrogens is 1. The molecule has 0 bridgehead atoms. The van der Waals surface area contributed by atoms with Gasteiger partial charge in [0, 0.05) is 25.5 Å². The molecule has 0 aliphatic rings. The van der Waals surface area contributed by atoms with Crippen molar-refractivity contribution in [3.05, 3.63) is 45.0 Å². The fourth-order valence-electron chi connectivity index (χ4n) is 1.58. The second kappa shape index (κ2) is 5.29. The van der Waals surface area contributed by atoms with Gasteiger partial charge in [0.05, 0.1) is 6.20 Å². The van der Waals surface area contributed by atoms with Crippen molar-refractivity contribution in [1.29, 1.82) is 0 Å². The van der Waals surface area contributed by atoms with E-state index in [0.29, 0.717) is 13.0 Å². The SMILES string of the molecule is O=C(O)c1cn(CCCn2ccnn2)c(=O)[nH]c1=O. The summed E-state index contributed by atoms with van der Waals surface area (Å²) in [5.74, 6) is -1.37. The van der Waals surface area contributed by atoms with E-state index >= 15 is 0 Å². The minimum Gasteiger partial charge on any atom is -0.477 e. The van der Waals surface area contributed by atoms with Crippen LogP contribution in [0.2, 0.25) is 0 Å². The van der Waals surface area contributed by atoms with Gasteiger partial charge in [0.1, 0.15) is 5.56 Å². The maximum absolute atomic E-state index is 11.5. The lowest BCUT2D eigenvalue weighted by Crippen LogP contribution is -2.33. The molecule has 2 heterocycles. The number of aromatic nitrogens is 5. The molecule has 0 unspecified atom stereocenters. The number of carboxylic acid groups (broad SMARTS) is 1. The van der Waals surface area contributed by atoms with E-state index in [1.54, 1.807) is 10.9 Å². The molecule has 0 atom stereocenters. The molecule has 0 aliphatic heterocycles. The molecule has 19 heavy (non-hydrogen) atoms. The number of aryl methyl sites for hydroxylation is 2. The van der Waals surface area contributed by atoms with Crippen LogP contribution < -0.4 is 11.2 Å². The first-order chi connectivity index (χ1) is 9.08. The molecule has 0 fully saturated rings. The number of aromatic amines is 1. The Kier molecular flexibility index (Phi) is 3.55. The zero-order valence-corrected chi connectivity index (χ0v) is 9.81. The van der Waals surface area contributed by atoms with Crippen molar-refractivity contribution in [1.82, 2.24) is 24.5 Å². The smallest absolute Gasteiger partial charge is 0.342 e. The van der Waals surface area contributed by atoms with Gasteiger partial charge in [0.25, 0.3) is 5.56 Å². The Labute approximate surface area is 106 Å². The van der Waals surface area contributed by atoms with Gasteiger partial charge in [-0.3, -0.25) is 19.0 Å². The summed E-state index contributed by atoms with van der Waals surface area (Å²) in [5.41, 5.74) is -1.99. The third kappa shape index (κ3) is 2.94. The van der Waals surface area contributed by atoms with Gasteiger partial charge in [-0.25, -0.2) is 9.59 Å². The highest BCUT2D eigenvalue weighted by Gasteiger charge is 2.11. The molecule has 100 valence electrons. The van der Waals surface area contributed by atoms with Crippen LogP contribution in [-0.2, 0) is 13.1 Å². The second-order valence-corrected chi connectivity index (χ2v) is 3.82. The van der Waals surface area contributed by atoms with Crippen molar-refractivity contribution < 1.29 is 9.90 Å². The molecule has 0 amide bonds. The number of carboxylic acids is 1. The van der Waals surface area contributed by atoms with Crippen molar-refractivity contribution in [3.63, 3.8) is 0 Å². The fourth-order valence-corrected chi connectivity index (χ4v) is 1.58. The number of carbonyl (C=O) groups is 1. The van der Waals surface area contributed by atoms with Crippen molar-refractivity contribution >= 4 is 5.97 Å². The minimum atomic E-state index is -1.37. The van der Waals surface area contributed by atoms with Crippen molar-refractivity contribution in [2.24, 2.45) is 0 Å². The summed E-state index contributed by atoms with van der Waals surface area (Å²) < 4.78 is 2.75. The minimum absolute atomic E-state index is 0.274. The van der Waals surface area contributed by atoms with Gasteiger partial charge in [0.15, 0.2) is 0 Å². The van der Waals surface area contributed by atoms with Crippen molar-refractivity contribution in [2.75, 3.05) is 0 Å². The van der Waals surface area contributed by atoms with Crippen LogP contribution in [0.25, 0.3) is 0 Å². The lowest BCUT2D eigenvalue weighted by atomic mass is 10.3. The topological polar surface area (TPSA) is 123 Å². The third-order valence-electron chi connectivity index (χ3n) is 2.50. The van der Waals surface area contributed by atoms with Gasteiger partial charge in [-0.05, 0) is 6.42 Å². The molecule has 9 nitrogen and oxygen atoms in total. The van der Waals surface area contributed by atoms with Crippen LogP contribution in [0.1, 0.15) is 16.8 Å². The quantitative estimate of drug-likeness (QED) is 0.708. The summed E-state index contributed by atoms with van der Waals surface area (Å²) in [6.07, 6.45) is 4.81. The number of hydrogen-bond donors (Lipinski definition) is 2. The number of nitrogens with one attached hydrogen (secondary N) is 1. The fraction of sp³-hybridized carbons (Fsp3) is 0.300. The average Bonchev–Trinajstić information content (AvgIpc) is 2.84. The van der Waals surface area contributed by atoms with Gasteiger partial charge in [-0.2, -0.15) is 0 Å². The van der Waals surface area contributed by atoms with E-state index in [1.807, 2.05) is 4.98 Å². The van der Waals surface area contributed by atoms with E-state index in [0.717, 1.165) is 10.8 Å². The van der Waals surface area contributed by atoms with E-state index in [9.17, 15) is 14.4 Å². The zero-order valence-electron chi connectivity index (χ0n) is 9.81. The number of aromatic carboxylic acids is 1. The number of nitrogens with zero attached hydrogens (tertiary/aromatic N) is 4. The van der Waals surface area contributed by atoms with E-state index in [-0.39, 0.29) is 6.54 Å². The molecule has 2 rings (SSSR count). The highest BCUT2D eigenvalue weighted by atomic mass is 16.4. The van der Waals surface area contributed by atoms with Crippen LogP contribution in [-0.4, -0.2) is 35.6 Å². The summed E-state index contributed by atoms with van der Waals surface area (Å²) in [7, 11) is 0. The monoisotopic (exact) mass is 265 g/mol. The van der Waals surface area contributed by atoms with Crippen LogP contribution in [0.3, 0.4) is 0 Å². The first-order valence-corrected chi connectivity index (χ1v) is 5.49. The molecule has 2 aromatic heterocycles. The van der Waals surface area contributed by atoms with Crippen LogP contribution >= 0.6 is 0 Å². The van der Waals surface area contributed by atoms with E-state index in [1.165, 1.54) is 6.20 Å². The number of rotatable bonds is 5. The molecule has 2 N–H and O–H groups in total. The van der Waals surface area contributed by atoms with Crippen LogP contribution in [0.4, 0.5) is 0 Å². The first-order valence-electron chi connectivity index (χ1n) is 5.49. The standard InChI is InChI=1S/C10H11N5O4/c16-8-7(9(17)18)6-14(10(19)12-8)3-1-4-15-5-2-11-13-15/h2,5-6H,1,3-4H2,(H,17,18)(H,12,16,19). The number of hydrogen-bond acceptors (Lipinski definition) is 5. The Morgan fingerprint density at radius 3 is 2.79 bits per heavy atom. The highest BCUT2D eigenvalue weighted by Crippen LogP contribution is 1.93. The van der Waals surface area contributed by atoms with Gasteiger partial charge < -0.3 is 5.11 Å². The largest absolute Gasteiger partial charge is 0.477 e. The van der Waals surface area contributed by atoms with Crippen LogP contribution in [0.5, 0.6) is 0 Å². The molecule has 0 aromatic carbocycles. The molecule has 0 spiro atoms. The van der Waals surface area contributed by atoms with Crippen LogP contribution in [0, 0.1) is 0 Å². The molecule has 0 saturated carbocycles. The molecular formula is C10H11N5O4. The summed E-state index contributed by atoms with van der Waals surface area (Å²) in [6.45, 7) is 0.809. The molecule has 0 saturated heterocycles. The van der Waals surface area contributed by atoms with Gasteiger partial charge in [-0.1, -0.05) is 5.21 Å². The summed E-state index contributed by atoms with van der Waals surface area (Å²) in [6, 6.07) is 0. The molecule has 9 heteroatoms. The van der Waals surface area contributed by atoms with Crippen molar-refractivity contribution in [2.45, 2.75) is 19.5 Å². The van der Waals surface area contributed by atoms with Gasteiger partial charge >= 0.3 is 11.7 Å². The Balaban J connectivity index is 2.12. The summed E-state index contributed by atoms with van der Waals surface area (Å²) in [5, 5.41) is 16.2. The van der Waals surface area contributed by atoms with Gasteiger partial charge in [-0.15, -0.1) is 5.10 Å². The lowest BCUT2D eigenvalue weighted by Gasteiger charge is -2.05.